The Morgan fingerprint density at radius 1 is 0.862 bits per heavy atom. The van der Waals surface area contributed by atoms with Crippen LogP contribution in [0.15, 0.2) is 0 Å². The number of hydrogen-bond donors (Lipinski definition) is 7. The van der Waals surface area contributed by atoms with E-state index in [0.29, 0.717) is 19.4 Å². The number of carboxylic acid groups (broad SMARTS) is 1. The minimum atomic E-state index is -1.40. The van der Waals surface area contributed by atoms with E-state index in [4.69, 9.17) is 11.5 Å². The number of nitrogens with one attached hydrogen (secondary N) is 3. The number of carbonyl (C=O) groups is 4. The van der Waals surface area contributed by atoms with E-state index in [-0.39, 0.29) is 12.3 Å². The average Bonchev–Trinajstić information content (AvgIpc) is 2.61. The van der Waals surface area contributed by atoms with Crippen molar-refractivity contribution in [2.45, 2.75) is 77.2 Å². The molecule has 9 N–H and O–H groups in total. The molecular weight excluding hydrogens is 382 g/mol. The first kappa shape index (κ1) is 26.8. The van der Waals surface area contributed by atoms with Crippen LogP contribution >= 0.6 is 0 Å². The van der Waals surface area contributed by atoms with Gasteiger partial charge in [-0.05, 0) is 45.6 Å². The van der Waals surface area contributed by atoms with Crippen LogP contribution < -0.4 is 27.4 Å². The Kier molecular flexibility index (Phi) is 12.1. The maximum atomic E-state index is 12.6. The summed E-state index contributed by atoms with van der Waals surface area (Å²) in [5.41, 5.74) is 10.9. The summed E-state index contributed by atoms with van der Waals surface area (Å²) < 4.78 is 0. The summed E-state index contributed by atoms with van der Waals surface area (Å²) in [6.45, 7) is 6.55. The van der Waals surface area contributed by atoms with Gasteiger partial charge in [-0.2, -0.15) is 0 Å². The summed E-state index contributed by atoms with van der Waals surface area (Å²) in [7, 11) is 0. The maximum absolute atomic E-state index is 12.6. The van der Waals surface area contributed by atoms with Crippen molar-refractivity contribution in [3.05, 3.63) is 0 Å². The lowest BCUT2D eigenvalue weighted by Crippen LogP contribution is -2.60. The molecule has 0 rings (SSSR count). The molecule has 5 unspecified atom stereocenters. The number of aliphatic hydroxyl groups excluding tert-OH is 1. The number of unbranched alkanes of at least 4 members (excludes halogenated alkanes) is 1. The van der Waals surface area contributed by atoms with E-state index in [9.17, 15) is 29.4 Å². The van der Waals surface area contributed by atoms with Crippen LogP contribution in [0.5, 0.6) is 0 Å². The van der Waals surface area contributed by atoms with E-state index in [2.05, 4.69) is 16.0 Å². The molecule has 0 aromatic rings. The zero-order chi connectivity index (χ0) is 22.7. The Hall–Kier alpha value is -2.24. The minimum Gasteiger partial charge on any atom is -0.480 e. The predicted molar refractivity (Wildman–Crippen MR) is 107 cm³/mol. The van der Waals surface area contributed by atoms with Crippen molar-refractivity contribution in [2.75, 3.05) is 6.54 Å². The van der Waals surface area contributed by atoms with Crippen LogP contribution in [0.3, 0.4) is 0 Å². The summed E-state index contributed by atoms with van der Waals surface area (Å²) >= 11 is 0. The minimum absolute atomic E-state index is 0.164. The maximum Gasteiger partial charge on any atom is 0.326 e. The molecule has 5 atom stereocenters. The van der Waals surface area contributed by atoms with Gasteiger partial charge in [-0.3, -0.25) is 14.4 Å². The Morgan fingerprint density at radius 2 is 1.38 bits per heavy atom. The Balaban J connectivity index is 5.22. The normalized spacial score (nSPS) is 16.3. The molecule has 168 valence electrons. The summed E-state index contributed by atoms with van der Waals surface area (Å²) in [4.78, 5) is 48.3. The highest BCUT2D eigenvalue weighted by molar-refractivity contribution is 5.94. The van der Waals surface area contributed by atoms with Crippen molar-refractivity contribution in [3.63, 3.8) is 0 Å². The third-order valence-corrected chi connectivity index (χ3v) is 4.28. The first-order valence-electron chi connectivity index (χ1n) is 9.69. The number of carboxylic acids is 1. The molecule has 3 amide bonds. The third kappa shape index (κ3) is 9.68. The van der Waals surface area contributed by atoms with E-state index >= 15 is 0 Å². The van der Waals surface area contributed by atoms with E-state index in [1.807, 2.05) is 0 Å². The highest BCUT2D eigenvalue weighted by Crippen LogP contribution is 2.06. The molecule has 0 heterocycles. The second-order valence-corrected chi connectivity index (χ2v) is 7.43. The van der Waals surface area contributed by atoms with E-state index in [1.165, 1.54) is 13.8 Å². The highest BCUT2D eigenvalue weighted by atomic mass is 16.4. The monoisotopic (exact) mass is 417 g/mol. The van der Waals surface area contributed by atoms with Gasteiger partial charge in [-0.15, -0.1) is 0 Å². The van der Waals surface area contributed by atoms with Gasteiger partial charge in [0.2, 0.25) is 17.7 Å². The van der Waals surface area contributed by atoms with Gasteiger partial charge < -0.3 is 37.6 Å². The fourth-order valence-corrected chi connectivity index (χ4v) is 2.48. The number of hydrogen-bond acceptors (Lipinski definition) is 7. The molecule has 29 heavy (non-hydrogen) atoms. The molecule has 11 nitrogen and oxygen atoms in total. The van der Waals surface area contributed by atoms with Crippen molar-refractivity contribution >= 4 is 23.7 Å². The number of carbonyl (C=O) groups excluding carboxylic acids is 3. The molecule has 0 aliphatic heterocycles. The van der Waals surface area contributed by atoms with E-state index in [0.717, 1.165) is 0 Å². The summed E-state index contributed by atoms with van der Waals surface area (Å²) in [5.74, 6) is -3.61. The van der Waals surface area contributed by atoms with Gasteiger partial charge in [0.15, 0.2) is 0 Å². The fourth-order valence-electron chi connectivity index (χ4n) is 2.48. The van der Waals surface area contributed by atoms with Gasteiger partial charge in [0.25, 0.3) is 0 Å². The van der Waals surface area contributed by atoms with Crippen LogP contribution in [0.4, 0.5) is 0 Å². The van der Waals surface area contributed by atoms with Crippen LogP contribution in [0, 0.1) is 5.92 Å². The summed E-state index contributed by atoms with van der Waals surface area (Å²) in [5, 5.41) is 26.4. The molecule has 0 aromatic heterocycles. The smallest absolute Gasteiger partial charge is 0.326 e. The Bertz CT molecular complexity index is 567. The van der Waals surface area contributed by atoms with E-state index < -0.39 is 54.0 Å². The van der Waals surface area contributed by atoms with Crippen LogP contribution in [-0.4, -0.2) is 70.7 Å². The largest absolute Gasteiger partial charge is 0.480 e. The molecular formula is C18H35N5O6. The van der Waals surface area contributed by atoms with Crippen LogP contribution in [0.1, 0.15) is 47.0 Å². The average molecular weight is 418 g/mol. The molecule has 0 aliphatic rings. The van der Waals surface area contributed by atoms with E-state index in [1.54, 1.807) is 13.8 Å². The zero-order valence-corrected chi connectivity index (χ0v) is 17.5. The Morgan fingerprint density at radius 3 is 1.79 bits per heavy atom. The second kappa shape index (κ2) is 13.1. The zero-order valence-electron chi connectivity index (χ0n) is 17.5. The number of rotatable bonds is 13. The van der Waals surface area contributed by atoms with Crippen molar-refractivity contribution in [1.82, 2.24) is 16.0 Å². The molecule has 0 spiro atoms. The molecule has 0 saturated heterocycles. The van der Waals surface area contributed by atoms with Crippen molar-refractivity contribution in [3.8, 4) is 0 Å². The van der Waals surface area contributed by atoms with Crippen molar-refractivity contribution in [1.29, 1.82) is 0 Å². The van der Waals surface area contributed by atoms with Crippen LogP contribution in [0.25, 0.3) is 0 Å². The molecule has 0 bridgehead atoms. The number of aliphatic carboxylic acids is 1. The first-order valence-corrected chi connectivity index (χ1v) is 9.69. The summed E-state index contributed by atoms with van der Waals surface area (Å²) in [6, 6.07) is -4.38. The Labute approximate surface area is 171 Å². The predicted octanol–water partition coefficient (Wildman–Crippen LogP) is -1.96. The quantitative estimate of drug-likeness (QED) is 0.168. The van der Waals surface area contributed by atoms with Crippen LogP contribution in [0.2, 0.25) is 0 Å². The van der Waals surface area contributed by atoms with Gasteiger partial charge in [0.1, 0.15) is 18.1 Å². The first-order chi connectivity index (χ1) is 13.4. The van der Waals surface area contributed by atoms with Gasteiger partial charge in [0.05, 0.1) is 12.1 Å². The number of amides is 3. The second-order valence-electron chi connectivity index (χ2n) is 7.43. The molecule has 0 aliphatic carbocycles. The van der Waals surface area contributed by atoms with Gasteiger partial charge in [-0.25, -0.2) is 4.79 Å². The van der Waals surface area contributed by atoms with Gasteiger partial charge >= 0.3 is 5.97 Å². The SMILES string of the molecule is CC(N)C(=O)NC(C(=O)NC(C(=O)NC(CCCCN)C(=O)O)C(C)O)C(C)C. The van der Waals surface area contributed by atoms with Gasteiger partial charge in [-0.1, -0.05) is 13.8 Å². The lowest BCUT2D eigenvalue weighted by Gasteiger charge is -2.27. The standard InChI is InChI=1S/C18H35N5O6/c1-9(2)13(22-15(25)10(3)20)16(26)23-14(11(4)24)17(27)21-12(18(28)29)7-5-6-8-19/h9-14,24H,5-8,19-20H2,1-4H3,(H,21,27)(H,22,25)(H,23,26)(H,28,29). The van der Waals surface area contributed by atoms with Gasteiger partial charge in [0, 0.05) is 0 Å². The number of nitrogens with two attached hydrogens (primary N) is 2. The third-order valence-electron chi connectivity index (χ3n) is 4.28. The van der Waals surface area contributed by atoms with Crippen molar-refractivity contribution < 1.29 is 29.4 Å². The van der Waals surface area contributed by atoms with Crippen molar-refractivity contribution in [2.24, 2.45) is 17.4 Å². The molecule has 11 heteroatoms. The van der Waals surface area contributed by atoms with Crippen LogP contribution in [-0.2, 0) is 19.2 Å². The lowest BCUT2D eigenvalue weighted by atomic mass is 10.0. The molecule has 0 aromatic carbocycles. The number of aliphatic hydroxyl groups is 1. The lowest BCUT2D eigenvalue weighted by molar-refractivity contribution is -0.143. The highest BCUT2D eigenvalue weighted by Gasteiger charge is 2.33. The topological polar surface area (TPSA) is 197 Å². The fraction of sp³-hybridized carbons (Fsp3) is 0.778. The summed E-state index contributed by atoms with van der Waals surface area (Å²) in [6.07, 6.45) is -0.0314. The molecule has 0 saturated carbocycles. The molecule has 0 fully saturated rings. The molecule has 0 radical (unpaired) electrons.